The van der Waals surface area contributed by atoms with E-state index in [0.29, 0.717) is 23.8 Å². The Balaban J connectivity index is 1.20. The minimum absolute atomic E-state index is 0.261. The quantitative estimate of drug-likeness (QED) is 0.462. The summed E-state index contributed by atoms with van der Waals surface area (Å²) in [5.41, 5.74) is 3.50. The van der Waals surface area contributed by atoms with Crippen molar-refractivity contribution in [1.82, 2.24) is 24.8 Å². The van der Waals surface area contributed by atoms with Crippen molar-refractivity contribution in [2.24, 2.45) is 0 Å². The minimum Gasteiger partial charge on any atom is -0.378 e. The predicted octanol–water partition coefficient (Wildman–Crippen LogP) is 2.36. The number of nitrogens with zero attached hydrogens (tertiary/aromatic N) is 5. The van der Waals surface area contributed by atoms with E-state index in [9.17, 15) is 4.79 Å². The van der Waals surface area contributed by atoms with E-state index in [1.54, 1.807) is 0 Å². The van der Waals surface area contributed by atoms with E-state index >= 15 is 0 Å². The second kappa shape index (κ2) is 9.39. The molecule has 5 rings (SSSR count). The molecule has 4 heterocycles. The molecule has 0 aliphatic carbocycles. The highest BCUT2D eigenvalue weighted by Crippen LogP contribution is 2.24. The summed E-state index contributed by atoms with van der Waals surface area (Å²) in [6, 6.07) is 8.30. The van der Waals surface area contributed by atoms with E-state index in [-0.39, 0.29) is 5.91 Å². The summed E-state index contributed by atoms with van der Waals surface area (Å²) in [5.74, 6) is 1.59. The zero-order valence-corrected chi connectivity index (χ0v) is 18.0. The number of carbonyl (C=O) groups is 1. The highest BCUT2D eigenvalue weighted by molar-refractivity contribution is 5.85. The normalized spacial score (nSPS) is 16.7. The van der Waals surface area contributed by atoms with Gasteiger partial charge < -0.3 is 30.2 Å². The molecule has 32 heavy (non-hydrogen) atoms. The predicted molar refractivity (Wildman–Crippen MR) is 123 cm³/mol. The van der Waals surface area contributed by atoms with Gasteiger partial charge in [0.1, 0.15) is 11.8 Å². The molecule has 0 spiro atoms. The van der Waals surface area contributed by atoms with Gasteiger partial charge in [-0.05, 0) is 37.1 Å². The Labute approximate surface area is 186 Å². The molecule has 2 saturated heterocycles. The largest absolute Gasteiger partial charge is 0.378 e. The topological polar surface area (TPSA) is 111 Å². The zero-order valence-electron chi connectivity index (χ0n) is 18.0. The average molecular weight is 437 g/mol. The third-order valence-electron chi connectivity index (χ3n) is 5.86. The zero-order chi connectivity index (χ0) is 21.8. The first-order valence-electron chi connectivity index (χ1n) is 11.2. The second-order valence-corrected chi connectivity index (χ2v) is 8.04. The second-order valence-electron chi connectivity index (χ2n) is 8.04. The number of morpholine rings is 1. The molecule has 2 aliphatic heterocycles. The maximum absolute atomic E-state index is 11.7. The number of ether oxygens (including phenoxy) is 1. The molecule has 0 bridgehead atoms. The summed E-state index contributed by atoms with van der Waals surface area (Å²) in [7, 11) is 0. The molecule has 3 N–H and O–H groups in total. The van der Waals surface area contributed by atoms with Crippen molar-refractivity contribution in [3.8, 4) is 0 Å². The van der Waals surface area contributed by atoms with Crippen LogP contribution in [0, 0.1) is 0 Å². The van der Waals surface area contributed by atoms with Crippen molar-refractivity contribution in [1.29, 1.82) is 0 Å². The molecular formula is C22H28N8O2. The van der Waals surface area contributed by atoms with Crippen LogP contribution in [0.4, 0.5) is 23.1 Å². The Morgan fingerprint density at radius 1 is 1.09 bits per heavy atom. The van der Waals surface area contributed by atoms with Crippen molar-refractivity contribution in [3.05, 3.63) is 30.6 Å². The number of H-pyrrole nitrogens is 1. The summed E-state index contributed by atoms with van der Waals surface area (Å²) in [5, 5.41) is 6.65. The van der Waals surface area contributed by atoms with Crippen LogP contribution in [-0.4, -0.2) is 76.7 Å². The summed E-state index contributed by atoms with van der Waals surface area (Å²) < 4.78 is 5.42. The van der Waals surface area contributed by atoms with Crippen LogP contribution in [0.5, 0.6) is 0 Å². The fourth-order valence-electron chi connectivity index (χ4n) is 4.15. The lowest BCUT2D eigenvalue weighted by molar-refractivity contribution is -0.127. The fraction of sp³-hybridized carbons (Fsp3) is 0.455. The third-order valence-corrected chi connectivity index (χ3v) is 5.86. The molecule has 1 amide bonds. The van der Waals surface area contributed by atoms with Crippen molar-refractivity contribution < 1.29 is 9.53 Å². The van der Waals surface area contributed by atoms with Crippen LogP contribution in [-0.2, 0) is 9.53 Å². The van der Waals surface area contributed by atoms with Gasteiger partial charge in [0.05, 0.1) is 13.2 Å². The van der Waals surface area contributed by atoms with Crippen LogP contribution in [0.25, 0.3) is 11.2 Å². The molecule has 0 atom stereocenters. The molecule has 0 radical (unpaired) electrons. The maximum Gasteiger partial charge on any atom is 0.222 e. The lowest BCUT2D eigenvalue weighted by atomic mass is 10.2. The number of anilines is 4. The molecular weight excluding hydrogens is 408 g/mol. The van der Waals surface area contributed by atoms with Gasteiger partial charge in [-0.2, -0.15) is 4.98 Å². The van der Waals surface area contributed by atoms with Crippen LogP contribution >= 0.6 is 0 Å². The number of hydrogen-bond acceptors (Lipinski definition) is 8. The highest BCUT2D eigenvalue weighted by atomic mass is 16.5. The number of imidazole rings is 1. The Morgan fingerprint density at radius 2 is 1.94 bits per heavy atom. The molecule has 0 saturated carbocycles. The van der Waals surface area contributed by atoms with Crippen LogP contribution in [0.3, 0.4) is 0 Å². The van der Waals surface area contributed by atoms with Crippen molar-refractivity contribution in [3.63, 3.8) is 0 Å². The van der Waals surface area contributed by atoms with Crippen LogP contribution in [0.15, 0.2) is 30.6 Å². The van der Waals surface area contributed by atoms with Crippen LogP contribution in [0.2, 0.25) is 0 Å². The number of nitrogens with one attached hydrogen (secondary N) is 3. The lowest BCUT2D eigenvalue weighted by Crippen LogP contribution is -2.36. The van der Waals surface area contributed by atoms with E-state index in [4.69, 9.17) is 4.74 Å². The lowest BCUT2D eigenvalue weighted by Gasteiger charge is -2.28. The van der Waals surface area contributed by atoms with Gasteiger partial charge in [0.25, 0.3) is 0 Å². The van der Waals surface area contributed by atoms with Gasteiger partial charge in [-0.3, -0.25) is 4.79 Å². The Bertz CT molecular complexity index is 1060. The van der Waals surface area contributed by atoms with Gasteiger partial charge in [-0.15, -0.1) is 0 Å². The monoisotopic (exact) mass is 436 g/mol. The average Bonchev–Trinajstić information content (AvgIpc) is 3.43. The minimum atomic E-state index is 0.261. The number of likely N-dealkylation sites (tertiary alicyclic amines) is 1. The van der Waals surface area contributed by atoms with Gasteiger partial charge in [0, 0.05) is 50.5 Å². The fourth-order valence-corrected chi connectivity index (χ4v) is 4.15. The van der Waals surface area contributed by atoms with Crippen LogP contribution < -0.4 is 15.5 Å². The number of benzene rings is 1. The molecule has 3 aromatic rings. The molecule has 0 unspecified atom stereocenters. The van der Waals surface area contributed by atoms with E-state index < -0.39 is 0 Å². The van der Waals surface area contributed by atoms with E-state index in [0.717, 1.165) is 70.0 Å². The standard InChI is InChI=1S/C22H28N8O2/c31-18-3-1-9-30(18)10-2-8-23-20-19-21(25-15-24-20)28-22(27-19)26-16-4-6-17(7-5-16)29-11-13-32-14-12-29/h4-7,15H,1-3,8-14H2,(H3,23,24,25,26,27,28). The van der Waals surface area contributed by atoms with Gasteiger partial charge in [0.2, 0.25) is 11.9 Å². The summed E-state index contributed by atoms with van der Waals surface area (Å²) in [6.07, 6.45) is 4.03. The number of aromatic nitrogens is 4. The number of aromatic amines is 1. The molecule has 10 nitrogen and oxygen atoms in total. The highest BCUT2D eigenvalue weighted by Gasteiger charge is 2.19. The van der Waals surface area contributed by atoms with E-state index in [2.05, 4.69) is 47.6 Å². The van der Waals surface area contributed by atoms with Gasteiger partial charge >= 0.3 is 0 Å². The number of amides is 1. The molecule has 2 fully saturated rings. The molecule has 10 heteroatoms. The summed E-state index contributed by atoms with van der Waals surface area (Å²) in [4.78, 5) is 32.4. The summed E-state index contributed by atoms with van der Waals surface area (Å²) in [6.45, 7) is 5.74. The van der Waals surface area contributed by atoms with Gasteiger partial charge in [-0.25, -0.2) is 9.97 Å². The smallest absolute Gasteiger partial charge is 0.222 e. The Morgan fingerprint density at radius 3 is 2.72 bits per heavy atom. The SMILES string of the molecule is O=C1CCCN1CCCNc1ncnc2nc(Nc3ccc(N4CCOCC4)cc3)[nH]c12. The number of carbonyl (C=O) groups excluding carboxylic acids is 1. The van der Waals surface area contributed by atoms with Crippen molar-refractivity contribution in [2.45, 2.75) is 19.3 Å². The van der Waals surface area contributed by atoms with E-state index in [1.165, 1.54) is 12.0 Å². The molecule has 168 valence electrons. The Hall–Kier alpha value is -3.40. The van der Waals surface area contributed by atoms with Gasteiger partial charge in [-0.1, -0.05) is 0 Å². The number of rotatable bonds is 8. The van der Waals surface area contributed by atoms with E-state index in [1.807, 2.05) is 17.0 Å². The van der Waals surface area contributed by atoms with Gasteiger partial charge in [0.15, 0.2) is 11.5 Å². The molecule has 2 aromatic heterocycles. The van der Waals surface area contributed by atoms with Crippen molar-refractivity contribution >= 4 is 40.2 Å². The first-order chi connectivity index (χ1) is 15.8. The van der Waals surface area contributed by atoms with Crippen LogP contribution in [0.1, 0.15) is 19.3 Å². The first-order valence-corrected chi connectivity index (χ1v) is 11.2. The first kappa shape index (κ1) is 20.5. The Kier molecular flexibility index (Phi) is 6.02. The number of fused-ring (bicyclic) bond motifs is 1. The number of hydrogen-bond donors (Lipinski definition) is 3. The molecule has 2 aliphatic rings. The third kappa shape index (κ3) is 4.59. The summed E-state index contributed by atoms with van der Waals surface area (Å²) >= 11 is 0. The van der Waals surface area contributed by atoms with Crippen molar-refractivity contribution in [2.75, 3.05) is 61.5 Å². The maximum atomic E-state index is 11.7. The molecule has 1 aromatic carbocycles.